The van der Waals surface area contributed by atoms with Crippen molar-refractivity contribution in [3.8, 4) is 0 Å². The fourth-order valence-electron chi connectivity index (χ4n) is 6.17. The standard InChI is InChI=1S/C32H29N3O12S2/c1-2-33-24-10-8-19(49(42,43)44)15-21(24)32(40)22-17-27-23(16-26(22)33)31(39)20-14-18(48-47-46-41)7-9-25(20)34(27)13-5-3-4-6-30(38)45-35-28(36)11-12-29(35)37/h7-10,14-17,41H,2-6,11-13H2,1H3,(H,42,43,44). The summed E-state index contributed by atoms with van der Waals surface area (Å²) >= 11 is 0.693. The lowest BCUT2D eigenvalue weighted by Gasteiger charge is -2.19. The quantitative estimate of drug-likeness (QED) is 0.0349. The number of aryl methyl sites for hydroxylation is 2. The number of carbonyl (C=O) groups excluding carboxylic acids is 3. The highest BCUT2D eigenvalue weighted by Crippen LogP contribution is 2.30. The summed E-state index contributed by atoms with van der Waals surface area (Å²) < 4.78 is 41.6. The van der Waals surface area contributed by atoms with E-state index in [4.69, 9.17) is 10.1 Å². The lowest BCUT2D eigenvalue weighted by Crippen LogP contribution is -2.31. The first-order chi connectivity index (χ1) is 23.4. The van der Waals surface area contributed by atoms with Crippen molar-refractivity contribution in [2.45, 2.75) is 68.3 Å². The molecule has 1 fully saturated rings. The first-order valence-electron chi connectivity index (χ1n) is 15.2. The maximum atomic E-state index is 14.0. The lowest BCUT2D eigenvalue weighted by molar-refractivity contribution is -0.432. The lowest BCUT2D eigenvalue weighted by atomic mass is 10.0. The Balaban J connectivity index is 1.42. The van der Waals surface area contributed by atoms with E-state index >= 15 is 0 Å². The molecule has 256 valence electrons. The number of unbranched alkanes of at least 4 members (excludes halogenated alkanes) is 2. The number of hydrogen-bond donors (Lipinski definition) is 2. The minimum atomic E-state index is -4.58. The maximum Gasteiger partial charge on any atom is 0.333 e. The highest BCUT2D eigenvalue weighted by Gasteiger charge is 2.32. The summed E-state index contributed by atoms with van der Waals surface area (Å²) in [7, 11) is -4.58. The Bertz CT molecular complexity index is 2400. The number of nitrogens with zero attached hydrogens (tertiary/aromatic N) is 3. The zero-order valence-corrected chi connectivity index (χ0v) is 27.5. The molecule has 1 aliphatic rings. The van der Waals surface area contributed by atoms with E-state index in [1.807, 2.05) is 11.5 Å². The predicted octanol–water partition coefficient (Wildman–Crippen LogP) is 4.49. The van der Waals surface area contributed by atoms with Gasteiger partial charge in [-0.15, -0.1) is 9.40 Å². The van der Waals surface area contributed by atoms with Gasteiger partial charge < -0.3 is 14.0 Å². The van der Waals surface area contributed by atoms with Gasteiger partial charge >= 0.3 is 5.97 Å². The molecular weight excluding hydrogens is 682 g/mol. The fraction of sp³-hybridized carbons (Fsp3) is 0.281. The van der Waals surface area contributed by atoms with Crippen LogP contribution in [0.2, 0.25) is 0 Å². The van der Waals surface area contributed by atoms with Gasteiger partial charge in [0.05, 0.1) is 39.0 Å². The topological polar surface area (TPSA) is 201 Å². The molecule has 6 rings (SSSR count). The highest BCUT2D eigenvalue weighted by atomic mass is 32.2. The molecule has 15 nitrogen and oxygen atoms in total. The van der Waals surface area contributed by atoms with E-state index in [1.165, 1.54) is 12.1 Å². The second kappa shape index (κ2) is 13.7. The average Bonchev–Trinajstić information content (AvgIpc) is 3.39. The summed E-state index contributed by atoms with van der Waals surface area (Å²) in [6.07, 6.45) is 1.40. The molecule has 2 aromatic heterocycles. The zero-order chi connectivity index (χ0) is 35.0. The van der Waals surface area contributed by atoms with Crippen molar-refractivity contribution in [2.24, 2.45) is 0 Å². The Kier molecular flexibility index (Phi) is 9.56. The van der Waals surface area contributed by atoms with Gasteiger partial charge in [0, 0.05) is 58.8 Å². The van der Waals surface area contributed by atoms with Crippen molar-refractivity contribution in [3.63, 3.8) is 0 Å². The van der Waals surface area contributed by atoms with Gasteiger partial charge in [-0.2, -0.15) is 8.42 Å². The van der Waals surface area contributed by atoms with E-state index < -0.39 is 38.2 Å². The van der Waals surface area contributed by atoms with Gasteiger partial charge in [-0.3, -0.25) is 23.7 Å². The normalized spacial score (nSPS) is 13.8. The maximum absolute atomic E-state index is 14.0. The van der Waals surface area contributed by atoms with Gasteiger partial charge in [0.2, 0.25) is 0 Å². The van der Waals surface area contributed by atoms with Gasteiger partial charge in [0.25, 0.3) is 21.9 Å². The van der Waals surface area contributed by atoms with E-state index in [2.05, 4.69) is 9.37 Å². The van der Waals surface area contributed by atoms with Crippen LogP contribution < -0.4 is 10.9 Å². The Morgan fingerprint density at radius 1 is 0.796 bits per heavy atom. The summed E-state index contributed by atoms with van der Waals surface area (Å²) in [5.41, 5.74) is 1.03. The first kappa shape index (κ1) is 34.2. The van der Waals surface area contributed by atoms with Crippen LogP contribution in [0.25, 0.3) is 43.6 Å². The van der Waals surface area contributed by atoms with E-state index in [9.17, 15) is 36.9 Å². The molecule has 0 spiro atoms. The van der Waals surface area contributed by atoms with Gasteiger partial charge in [-0.1, -0.05) is 11.5 Å². The molecule has 0 unspecified atom stereocenters. The second-order valence-electron chi connectivity index (χ2n) is 11.4. The first-order valence-corrected chi connectivity index (χ1v) is 17.4. The molecule has 2 N–H and O–H groups in total. The molecule has 0 atom stereocenters. The van der Waals surface area contributed by atoms with Gasteiger partial charge in [0.1, 0.15) is 0 Å². The molecule has 1 aliphatic heterocycles. The van der Waals surface area contributed by atoms with Crippen LogP contribution >= 0.6 is 12.0 Å². The number of hydrogen-bond acceptors (Lipinski definition) is 12. The number of rotatable bonds is 12. The van der Waals surface area contributed by atoms with E-state index in [0.29, 0.717) is 87.2 Å². The summed E-state index contributed by atoms with van der Waals surface area (Å²) in [5, 5.41) is 13.8. The van der Waals surface area contributed by atoms with Crippen LogP contribution in [-0.4, -0.2) is 50.2 Å². The SMILES string of the molecule is CCn1c2ccc(S(=O)(=O)O)cc2c(=O)c2cc3c(cc21)c(=O)c1cc(SOOO)ccc1n3CCCCCC(=O)ON1C(=O)CCC1=O. The average molecular weight is 712 g/mol. The van der Waals surface area contributed by atoms with Crippen LogP contribution in [-0.2, 0) is 51.8 Å². The molecule has 17 heteroatoms. The molecule has 2 amide bonds. The third-order valence-corrected chi connectivity index (χ3v) is 9.85. The molecule has 49 heavy (non-hydrogen) atoms. The number of amides is 2. The molecule has 0 radical (unpaired) electrons. The number of fused-ring (bicyclic) bond motifs is 4. The molecular formula is C32H29N3O12S2. The Morgan fingerprint density at radius 2 is 1.39 bits per heavy atom. The van der Waals surface area contributed by atoms with Crippen molar-refractivity contribution in [1.29, 1.82) is 0 Å². The molecule has 0 aliphatic carbocycles. The van der Waals surface area contributed by atoms with Crippen LogP contribution in [0.4, 0.5) is 0 Å². The summed E-state index contributed by atoms with van der Waals surface area (Å²) in [6, 6.07) is 11.9. The van der Waals surface area contributed by atoms with Crippen molar-refractivity contribution < 1.29 is 46.8 Å². The monoisotopic (exact) mass is 711 g/mol. The minimum Gasteiger partial charge on any atom is -0.341 e. The van der Waals surface area contributed by atoms with Crippen LogP contribution in [0.15, 0.2) is 67.9 Å². The van der Waals surface area contributed by atoms with Crippen molar-refractivity contribution in [1.82, 2.24) is 14.2 Å². The minimum absolute atomic E-state index is 0.000779. The van der Waals surface area contributed by atoms with E-state index in [0.717, 1.165) is 6.07 Å². The van der Waals surface area contributed by atoms with Gasteiger partial charge in [-0.25, -0.2) is 10.1 Å². The second-order valence-corrected chi connectivity index (χ2v) is 13.6. The molecule has 0 bridgehead atoms. The molecule has 3 heterocycles. The smallest absolute Gasteiger partial charge is 0.333 e. The molecule has 1 saturated heterocycles. The summed E-state index contributed by atoms with van der Waals surface area (Å²) in [4.78, 5) is 68.7. The fourth-order valence-corrected chi connectivity index (χ4v) is 7.08. The Morgan fingerprint density at radius 3 is 2.02 bits per heavy atom. The number of benzene rings is 3. The number of imide groups is 1. The van der Waals surface area contributed by atoms with Crippen LogP contribution in [0.5, 0.6) is 0 Å². The third-order valence-electron chi connectivity index (χ3n) is 8.43. The van der Waals surface area contributed by atoms with Crippen LogP contribution in [0, 0.1) is 0 Å². The number of pyridine rings is 2. The van der Waals surface area contributed by atoms with E-state index in [-0.39, 0.29) is 35.5 Å². The van der Waals surface area contributed by atoms with Crippen LogP contribution in [0.3, 0.4) is 0 Å². The number of hydroxylamine groups is 2. The number of aromatic nitrogens is 2. The third kappa shape index (κ3) is 6.55. The summed E-state index contributed by atoms with van der Waals surface area (Å²) in [5.74, 6) is -1.82. The van der Waals surface area contributed by atoms with Crippen molar-refractivity contribution >= 4 is 83.6 Å². The van der Waals surface area contributed by atoms with Crippen LogP contribution in [0.1, 0.15) is 45.4 Å². The van der Waals surface area contributed by atoms with E-state index in [1.54, 1.807) is 34.9 Å². The highest BCUT2D eigenvalue weighted by molar-refractivity contribution is 7.94. The van der Waals surface area contributed by atoms with Gasteiger partial charge in [-0.05, 0) is 68.3 Å². The molecule has 5 aromatic rings. The Hall–Kier alpha value is -4.65. The molecule has 0 saturated carbocycles. The predicted molar refractivity (Wildman–Crippen MR) is 177 cm³/mol. The Labute approximate surface area is 281 Å². The van der Waals surface area contributed by atoms with Gasteiger partial charge in [0.15, 0.2) is 10.9 Å². The molecule has 3 aromatic carbocycles. The zero-order valence-electron chi connectivity index (χ0n) is 25.9. The number of carbonyl (C=O) groups is 3. The van der Waals surface area contributed by atoms with Crippen molar-refractivity contribution in [2.75, 3.05) is 0 Å². The largest absolute Gasteiger partial charge is 0.341 e. The summed E-state index contributed by atoms with van der Waals surface area (Å²) in [6.45, 7) is 2.56. The van der Waals surface area contributed by atoms with Crippen molar-refractivity contribution in [3.05, 3.63) is 69.0 Å².